The van der Waals surface area contributed by atoms with Gasteiger partial charge in [0.1, 0.15) is 0 Å². The van der Waals surface area contributed by atoms with Gasteiger partial charge in [-0.25, -0.2) is 0 Å². The Labute approximate surface area is 111 Å². The van der Waals surface area contributed by atoms with E-state index in [2.05, 4.69) is 36.1 Å². The summed E-state index contributed by atoms with van der Waals surface area (Å²) < 4.78 is 5.03. The summed E-state index contributed by atoms with van der Waals surface area (Å²) in [7, 11) is 4.26. The van der Waals surface area contributed by atoms with Crippen LogP contribution in [-0.4, -0.2) is 56.6 Å². The fraction of sp³-hybridized carbons (Fsp3) is 0.714. The molecule has 0 aromatic carbocycles. The lowest BCUT2D eigenvalue weighted by atomic mass is 10.3. The van der Waals surface area contributed by atoms with E-state index in [9.17, 15) is 0 Å². The third kappa shape index (κ3) is 6.79. The fourth-order valence-corrected chi connectivity index (χ4v) is 1.90. The third-order valence-electron chi connectivity index (χ3n) is 3.04. The van der Waals surface area contributed by atoms with Gasteiger partial charge in [0, 0.05) is 25.2 Å². The molecule has 0 unspecified atom stereocenters. The minimum atomic E-state index is 0.895. The fourth-order valence-electron chi connectivity index (χ4n) is 1.90. The molecule has 0 atom stereocenters. The quantitative estimate of drug-likeness (QED) is 0.642. The van der Waals surface area contributed by atoms with E-state index < -0.39 is 0 Å². The molecule has 0 radical (unpaired) electrons. The molecule has 0 aliphatic heterocycles. The Kier molecular flexibility index (Phi) is 7.73. The van der Waals surface area contributed by atoms with Gasteiger partial charge in [-0.15, -0.1) is 0 Å². The van der Waals surface area contributed by atoms with Gasteiger partial charge in [-0.1, -0.05) is 6.92 Å². The summed E-state index contributed by atoms with van der Waals surface area (Å²) in [5, 5.41) is 3.44. The number of nitrogens with one attached hydrogen (secondary N) is 1. The highest BCUT2D eigenvalue weighted by atomic mass is 16.3. The Morgan fingerprint density at radius 1 is 1.22 bits per heavy atom. The number of hydrogen-bond donors (Lipinski definition) is 1. The second kappa shape index (κ2) is 9.14. The first-order chi connectivity index (χ1) is 8.72. The second-order valence-electron chi connectivity index (χ2n) is 4.90. The molecule has 1 rings (SSSR count). The van der Waals surface area contributed by atoms with E-state index in [0.717, 1.165) is 26.2 Å². The van der Waals surface area contributed by atoms with Gasteiger partial charge in [0.15, 0.2) is 0 Å². The maximum Gasteiger partial charge on any atom is 0.0947 e. The van der Waals surface area contributed by atoms with E-state index in [1.165, 1.54) is 25.1 Å². The SMILES string of the molecule is CCN(CCCN(C)C)CCNCc1ccoc1. The molecule has 0 saturated carbocycles. The molecule has 0 fully saturated rings. The Hall–Kier alpha value is -0.840. The lowest BCUT2D eigenvalue weighted by Crippen LogP contribution is -2.33. The molecule has 0 amide bonds. The van der Waals surface area contributed by atoms with E-state index in [4.69, 9.17) is 4.42 Å². The summed E-state index contributed by atoms with van der Waals surface area (Å²) in [6, 6.07) is 2.00. The van der Waals surface area contributed by atoms with Crippen molar-refractivity contribution in [3.05, 3.63) is 24.2 Å². The Morgan fingerprint density at radius 2 is 2.06 bits per heavy atom. The van der Waals surface area contributed by atoms with Gasteiger partial charge in [0.2, 0.25) is 0 Å². The minimum absolute atomic E-state index is 0.895. The van der Waals surface area contributed by atoms with E-state index in [1.807, 2.05) is 6.07 Å². The summed E-state index contributed by atoms with van der Waals surface area (Å²) in [5.41, 5.74) is 1.21. The summed E-state index contributed by atoms with van der Waals surface area (Å²) in [6.45, 7) is 8.74. The van der Waals surface area contributed by atoms with Gasteiger partial charge in [-0.2, -0.15) is 0 Å². The van der Waals surface area contributed by atoms with Crippen LogP contribution in [0.5, 0.6) is 0 Å². The first kappa shape index (κ1) is 15.2. The lowest BCUT2D eigenvalue weighted by molar-refractivity contribution is 0.266. The van der Waals surface area contributed by atoms with Crippen LogP contribution in [0.1, 0.15) is 18.9 Å². The molecule has 0 bridgehead atoms. The van der Waals surface area contributed by atoms with Crippen molar-refractivity contribution in [2.45, 2.75) is 19.9 Å². The molecule has 0 aliphatic carbocycles. The van der Waals surface area contributed by atoms with Crippen LogP contribution in [0.25, 0.3) is 0 Å². The van der Waals surface area contributed by atoms with Crippen LogP contribution < -0.4 is 5.32 Å². The van der Waals surface area contributed by atoms with E-state index in [-0.39, 0.29) is 0 Å². The van der Waals surface area contributed by atoms with Crippen molar-refractivity contribution in [1.82, 2.24) is 15.1 Å². The van der Waals surface area contributed by atoms with Crippen molar-refractivity contribution in [1.29, 1.82) is 0 Å². The van der Waals surface area contributed by atoms with Crippen LogP contribution in [0.4, 0.5) is 0 Å². The smallest absolute Gasteiger partial charge is 0.0947 e. The molecular formula is C14H27N3O. The molecule has 0 aliphatic rings. The first-order valence-electron chi connectivity index (χ1n) is 6.81. The van der Waals surface area contributed by atoms with Crippen molar-refractivity contribution in [3.8, 4) is 0 Å². The maximum absolute atomic E-state index is 5.03. The molecule has 1 N–H and O–H groups in total. The van der Waals surface area contributed by atoms with E-state index in [0.29, 0.717) is 0 Å². The highest BCUT2D eigenvalue weighted by molar-refractivity contribution is 5.04. The van der Waals surface area contributed by atoms with Crippen LogP contribution in [0.15, 0.2) is 23.0 Å². The number of furan rings is 1. The summed E-state index contributed by atoms with van der Waals surface area (Å²) >= 11 is 0. The maximum atomic E-state index is 5.03. The summed E-state index contributed by atoms with van der Waals surface area (Å²) in [4.78, 5) is 4.73. The average molecular weight is 253 g/mol. The van der Waals surface area contributed by atoms with Crippen LogP contribution >= 0.6 is 0 Å². The number of rotatable bonds is 10. The van der Waals surface area contributed by atoms with Crippen LogP contribution in [-0.2, 0) is 6.54 Å². The van der Waals surface area contributed by atoms with Crippen LogP contribution in [0, 0.1) is 0 Å². The zero-order chi connectivity index (χ0) is 13.2. The van der Waals surface area contributed by atoms with Crippen molar-refractivity contribution in [3.63, 3.8) is 0 Å². The van der Waals surface area contributed by atoms with Gasteiger partial charge in [0.25, 0.3) is 0 Å². The monoisotopic (exact) mass is 253 g/mol. The van der Waals surface area contributed by atoms with Gasteiger partial charge in [-0.05, 0) is 46.2 Å². The molecular weight excluding hydrogens is 226 g/mol. The summed E-state index contributed by atoms with van der Waals surface area (Å²) in [5.74, 6) is 0. The largest absolute Gasteiger partial charge is 0.472 e. The molecule has 0 saturated heterocycles. The van der Waals surface area contributed by atoms with Gasteiger partial charge < -0.3 is 19.5 Å². The molecule has 18 heavy (non-hydrogen) atoms. The molecule has 104 valence electrons. The molecule has 1 heterocycles. The highest BCUT2D eigenvalue weighted by Crippen LogP contribution is 1.98. The molecule has 4 nitrogen and oxygen atoms in total. The predicted octanol–water partition coefficient (Wildman–Crippen LogP) is 1.64. The standard InChI is InChI=1S/C14H27N3O/c1-4-17(9-5-8-16(2)3)10-7-15-12-14-6-11-18-13-14/h6,11,13,15H,4-5,7-10,12H2,1-3H3. The van der Waals surface area contributed by atoms with Crippen molar-refractivity contribution in [2.75, 3.05) is 46.8 Å². The zero-order valence-electron chi connectivity index (χ0n) is 12.0. The number of likely N-dealkylation sites (N-methyl/N-ethyl adjacent to an activating group) is 1. The molecule has 0 spiro atoms. The minimum Gasteiger partial charge on any atom is -0.472 e. The third-order valence-corrected chi connectivity index (χ3v) is 3.04. The Morgan fingerprint density at radius 3 is 2.67 bits per heavy atom. The Bertz CT molecular complexity index is 285. The van der Waals surface area contributed by atoms with Gasteiger partial charge in [0.05, 0.1) is 12.5 Å². The number of nitrogens with zero attached hydrogens (tertiary/aromatic N) is 2. The first-order valence-corrected chi connectivity index (χ1v) is 6.81. The Balaban J connectivity index is 2.04. The molecule has 4 heteroatoms. The van der Waals surface area contributed by atoms with Crippen molar-refractivity contribution < 1.29 is 4.42 Å². The normalized spacial score (nSPS) is 11.6. The topological polar surface area (TPSA) is 31.6 Å². The van der Waals surface area contributed by atoms with Gasteiger partial charge in [-0.3, -0.25) is 0 Å². The van der Waals surface area contributed by atoms with Crippen LogP contribution in [0.3, 0.4) is 0 Å². The molecule has 1 aromatic heterocycles. The van der Waals surface area contributed by atoms with Crippen molar-refractivity contribution >= 4 is 0 Å². The average Bonchev–Trinajstić information content (AvgIpc) is 2.84. The lowest BCUT2D eigenvalue weighted by Gasteiger charge is -2.21. The zero-order valence-corrected chi connectivity index (χ0v) is 12.0. The van der Waals surface area contributed by atoms with Crippen LogP contribution in [0.2, 0.25) is 0 Å². The van der Waals surface area contributed by atoms with Gasteiger partial charge >= 0.3 is 0 Å². The number of hydrogen-bond acceptors (Lipinski definition) is 4. The van der Waals surface area contributed by atoms with Crippen molar-refractivity contribution in [2.24, 2.45) is 0 Å². The van der Waals surface area contributed by atoms with E-state index in [1.54, 1.807) is 12.5 Å². The second-order valence-corrected chi connectivity index (χ2v) is 4.90. The van der Waals surface area contributed by atoms with E-state index >= 15 is 0 Å². The predicted molar refractivity (Wildman–Crippen MR) is 75.7 cm³/mol. The molecule has 1 aromatic rings. The highest BCUT2D eigenvalue weighted by Gasteiger charge is 2.02. The summed E-state index contributed by atoms with van der Waals surface area (Å²) in [6.07, 6.45) is 4.75.